The van der Waals surface area contributed by atoms with E-state index in [1.54, 1.807) is 50.2 Å². The van der Waals surface area contributed by atoms with Crippen LogP contribution in [0.1, 0.15) is 130 Å². The molecule has 0 unspecified atom stereocenters. The number of esters is 1. The Morgan fingerprint density at radius 2 is 1.30 bits per heavy atom. The number of anilines is 1. The number of nitrogens with one attached hydrogen (secondary N) is 3. The van der Waals surface area contributed by atoms with Crippen molar-refractivity contribution in [3.05, 3.63) is 190 Å². The van der Waals surface area contributed by atoms with Gasteiger partial charge >= 0.3 is 12.1 Å². The number of allylic oxidation sites excluding steroid dienone is 6. The number of aryl methyl sites for hydroxylation is 2. The first-order chi connectivity index (χ1) is 41.3. The second kappa shape index (κ2) is 29.6. The van der Waals surface area contributed by atoms with E-state index < -0.39 is 73.5 Å². The average Bonchev–Trinajstić information content (AvgIpc) is 1.64. The van der Waals surface area contributed by atoms with Crippen LogP contribution in [0.15, 0.2) is 161 Å². The lowest BCUT2D eigenvalue weighted by molar-refractivity contribution is -0.438. The van der Waals surface area contributed by atoms with E-state index in [1.807, 2.05) is 120 Å². The lowest BCUT2D eigenvalue weighted by atomic mass is 9.81. The molecule has 7 rings (SSSR count). The van der Waals surface area contributed by atoms with Gasteiger partial charge in [-0.05, 0) is 131 Å². The SMILES string of the molecule is CCN1/C(=C/C=C/C=C/C2=[N+](CCCCCCC(=O)NCCCC[C@@H](NC(=O)[C@@H](Cc3ccccc3)NC(=O)OCc3ccccc3)C(=O)COC(=O)c3c(C)cccc3C)c3ccc(S(=O)(=O)O)cc3C2(C)C)C(C)(C)c2cc(S(=O)(=O)O)ccc21. The number of hydrogen-bond acceptors (Lipinski definition) is 12. The molecule has 0 radical (unpaired) electrons. The summed E-state index contributed by atoms with van der Waals surface area (Å²) in [6.07, 6.45) is 13.2. The third kappa shape index (κ3) is 17.4. The molecule has 0 aromatic heterocycles. The van der Waals surface area contributed by atoms with Crippen molar-refractivity contribution in [1.82, 2.24) is 16.0 Å². The van der Waals surface area contributed by atoms with E-state index in [9.17, 15) is 49.9 Å². The highest BCUT2D eigenvalue weighted by molar-refractivity contribution is 7.86. The van der Waals surface area contributed by atoms with E-state index in [0.29, 0.717) is 55.6 Å². The number of carbonyl (C=O) groups is 5. The molecule has 0 fully saturated rings. The van der Waals surface area contributed by atoms with Crippen molar-refractivity contribution in [2.75, 3.05) is 31.1 Å². The molecule has 2 aliphatic rings. The van der Waals surface area contributed by atoms with Crippen molar-refractivity contribution in [2.45, 2.75) is 146 Å². The molecule has 5 N–H and O–H groups in total. The van der Waals surface area contributed by atoms with E-state index in [1.165, 1.54) is 24.3 Å². The molecule has 2 aliphatic heterocycles. The zero-order valence-corrected chi connectivity index (χ0v) is 52.1. The van der Waals surface area contributed by atoms with Crippen LogP contribution in [0.4, 0.5) is 16.2 Å². The zero-order valence-electron chi connectivity index (χ0n) is 50.5. The van der Waals surface area contributed by atoms with Crippen LogP contribution in [0.25, 0.3) is 0 Å². The van der Waals surface area contributed by atoms with Crippen LogP contribution >= 0.6 is 0 Å². The summed E-state index contributed by atoms with van der Waals surface area (Å²) in [5.74, 6) is -1.98. The summed E-state index contributed by atoms with van der Waals surface area (Å²) >= 11 is 0. The number of fused-ring (bicyclic) bond motifs is 2. The van der Waals surface area contributed by atoms with Crippen LogP contribution < -0.4 is 20.9 Å². The number of unbranched alkanes of at least 4 members (excludes halogenated alkanes) is 4. The van der Waals surface area contributed by atoms with Gasteiger partial charge < -0.3 is 30.3 Å². The number of ether oxygens (including phenoxy) is 2. The lowest BCUT2D eigenvalue weighted by Gasteiger charge is -2.25. The van der Waals surface area contributed by atoms with Crippen LogP contribution in [-0.4, -0.2) is 104 Å². The van der Waals surface area contributed by atoms with Gasteiger partial charge in [-0.15, -0.1) is 0 Å². The number of nitrogens with zero attached hydrogens (tertiary/aromatic N) is 2. The second-order valence-corrected chi connectivity index (χ2v) is 25.8. The molecule has 0 aliphatic carbocycles. The summed E-state index contributed by atoms with van der Waals surface area (Å²) in [4.78, 5) is 69.1. The van der Waals surface area contributed by atoms with E-state index in [0.717, 1.165) is 64.3 Å². The Morgan fingerprint density at radius 1 is 0.667 bits per heavy atom. The quantitative estimate of drug-likeness (QED) is 0.00982. The number of amides is 3. The number of ketones is 1. The van der Waals surface area contributed by atoms with Crippen molar-refractivity contribution in [1.29, 1.82) is 0 Å². The summed E-state index contributed by atoms with van der Waals surface area (Å²) in [6.45, 7) is 14.5. The molecule has 0 saturated carbocycles. The van der Waals surface area contributed by atoms with Crippen molar-refractivity contribution < 1.29 is 64.0 Å². The molecule has 2 heterocycles. The molecule has 0 spiro atoms. The van der Waals surface area contributed by atoms with Crippen LogP contribution in [0.5, 0.6) is 0 Å². The molecule has 20 heteroatoms. The molecule has 2 atom stereocenters. The van der Waals surface area contributed by atoms with Crippen LogP contribution in [0.3, 0.4) is 0 Å². The Labute approximate surface area is 511 Å². The van der Waals surface area contributed by atoms with Crippen molar-refractivity contribution in [2.24, 2.45) is 0 Å². The molecular weight excluding hydrogens is 1150 g/mol. The highest BCUT2D eigenvalue weighted by Gasteiger charge is 2.45. The first-order valence-corrected chi connectivity index (χ1v) is 32.3. The minimum absolute atomic E-state index is 0.0243. The van der Waals surface area contributed by atoms with Crippen molar-refractivity contribution in [3.63, 3.8) is 0 Å². The van der Waals surface area contributed by atoms with E-state index in [2.05, 4.69) is 25.4 Å². The molecule has 87 heavy (non-hydrogen) atoms. The van der Waals surface area contributed by atoms with Gasteiger partial charge in [-0.25, -0.2) is 9.59 Å². The van der Waals surface area contributed by atoms with Gasteiger partial charge in [0.2, 0.25) is 17.5 Å². The summed E-state index contributed by atoms with van der Waals surface area (Å²) < 4.78 is 81.4. The monoisotopic (exact) mass is 1230 g/mol. The molecule has 0 saturated heterocycles. The topological polar surface area (TPSA) is 255 Å². The summed E-state index contributed by atoms with van der Waals surface area (Å²) in [6, 6.07) is 30.6. The lowest BCUT2D eigenvalue weighted by Crippen LogP contribution is -2.53. The molecule has 462 valence electrons. The first kappa shape index (κ1) is 66.5. The largest absolute Gasteiger partial charge is 0.454 e. The van der Waals surface area contributed by atoms with Gasteiger partial charge in [0.05, 0.1) is 26.8 Å². The molecule has 0 bridgehead atoms. The number of benzene rings is 5. The predicted molar refractivity (Wildman–Crippen MR) is 335 cm³/mol. The third-order valence-electron chi connectivity index (χ3n) is 16.0. The highest BCUT2D eigenvalue weighted by Crippen LogP contribution is 2.48. The van der Waals surface area contributed by atoms with E-state index in [4.69, 9.17) is 9.47 Å². The van der Waals surface area contributed by atoms with Crippen molar-refractivity contribution in [3.8, 4) is 0 Å². The summed E-state index contributed by atoms with van der Waals surface area (Å²) in [7, 11) is -8.87. The Kier molecular flexibility index (Phi) is 22.6. The van der Waals surface area contributed by atoms with Gasteiger partial charge in [-0.2, -0.15) is 21.4 Å². The number of Topliss-reactive ketones (excluding diaryl/α,β-unsaturated/α-hetero) is 1. The Balaban J connectivity index is 0.936. The highest BCUT2D eigenvalue weighted by atomic mass is 32.2. The Morgan fingerprint density at radius 3 is 1.95 bits per heavy atom. The maximum Gasteiger partial charge on any atom is 0.408 e. The average molecular weight is 1230 g/mol. The first-order valence-electron chi connectivity index (χ1n) is 29.4. The van der Waals surface area contributed by atoms with Crippen LogP contribution in [0, 0.1) is 13.8 Å². The van der Waals surface area contributed by atoms with Gasteiger partial charge in [0, 0.05) is 66.9 Å². The number of likely N-dealkylation sites (N-methyl/N-ethyl adjacent to an activating group) is 1. The fourth-order valence-corrected chi connectivity index (χ4v) is 12.3. The van der Waals surface area contributed by atoms with Gasteiger partial charge in [0.15, 0.2) is 18.1 Å². The number of carbonyl (C=O) groups excluding carboxylic acids is 5. The van der Waals surface area contributed by atoms with E-state index in [-0.39, 0.29) is 41.6 Å². The fourth-order valence-electron chi connectivity index (χ4n) is 11.3. The second-order valence-electron chi connectivity index (χ2n) is 23.0. The normalized spacial score (nSPS) is 15.5. The van der Waals surface area contributed by atoms with Crippen molar-refractivity contribution >= 4 is 67.0 Å². The third-order valence-corrected chi connectivity index (χ3v) is 17.7. The van der Waals surface area contributed by atoms with Gasteiger partial charge in [-0.1, -0.05) is 117 Å². The molecule has 3 amide bonds. The Hall–Kier alpha value is -8.04. The molecule has 18 nitrogen and oxygen atoms in total. The standard InChI is InChI=1S/C67H79N5O13S2/c1-8-71-56-37-35-50(86(78,79)80)42-52(56)66(4,5)59(71)32-18-13-19-33-60-67(6,7)53-43-51(87(81,82)83)36-38-57(53)72(60)40-23-10-9-20-34-61(74)68-39-22-21-31-54(58(73)45-84-64(76)62-46(2)25-24-26-47(62)3)69-63(75)55(41-48-27-14-11-15-28-48)70-65(77)85-44-49-29-16-12-17-30-49/h11-19,24-30,32-33,35-38,42-43,54-55H,8-10,20-23,31,34,39-41,44-45H2,1-7H3,(H4-,68,69,70,74,75,77,78,79,80,81,82,83)/p+1/t54-,55-/m1/s1. The van der Waals surface area contributed by atoms with Gasteiger partial charge in [-0.3, -0.25) is 23.5 Å². The van der Waals surface area contributed by atoms with Crippen LogP contribution in [0.2, 0.25) is 0 Å². The molecule has 5 aromatic rings. The maximum absolute atomic E-state index is 14.1. The van der Waals surface area contributed by atoms with Crippen LogP contribution in [-0.2, 0) is 68.0 Å². The molecular formula is C67H80N5O13S2+. The van der Waals surface area contributed by atoms with Gasteiger partial charge in [0.1, 0.15) is 19.2 Å². The minimum atomic E-state index is -4.47. The number of hydrogen-bond donors (Lipinski definition) is 5. The summed E-state index contributed by atoms with van der Waals surface area (Å²) in [5.41, 5.74) is 7.08. The fraction of sp³-hybridized carbons (Fsp3) is 0.373. The van der Waals surface area contributed by atoms with Gasteiger partial charge in [0.25, 0.3) is 20.2 Å². The zero-order chi connectivity index (χ0) is 63.1. The van der Waals surface area contributed by atoms with E-state index >= 15 is 0 Å². The number of rotatable bonds is 29. The summed E-state index contributed by atoms with van der Waals surface area (Å²) in [5, 5.41) is 8.45. The minimum Gasteiger partial charge on any atom is -0.454 e. The number of alkyl carbamates (subject to hydrolysis) is 1. The smallest absolute Gasteiger partial charge is 0.408 e. The Bertz CT molecular complexity index is 3670. The predicted octanol–water partition coefficient (Wildman–Crippen LogP) is 10.7. The molecule has 5 aromatic carbocycles. The maximum atomic E-state index is 14.1.